The number of rotatable bonds is 4. The highest BCUT2D eigenvalue weighted by Crippen LogP contribution is 2.16. The lowest BCUT2D eigenvalue weighted by Gasteiger charge is -2.17. The molecule has 1 aromatic carbocycles. The van der Waals surface area contributed by atoms with Gasteiger partial charge in [0.1, 0.15) is 0 Å². The molecule has 2 amide bonds. The third kappa shape index (κ3) is 3.75. The molecule has 0 heterocycles. The molecular weight excluding hydrogens is 216 g/mol. The number of carbonyl (C=O) groups is 1. The first-order valence-corrected chi connectivity index (χ1v) is 5.81. The van der Waals surface area contributed by atoms with Gasteiger partial charge in [-0.05, 0) is 36.6 Å². The van der Waals surface area contributed by atoms with Gasteiger partial charge in [-0.1, -0.05) is 13.0 Å². The number of aryl methyl sites for hydroxylation is 2. The van der Waals surface area contributed by atoms with E-state index in [0.29, 0.717) is 6.54 Å². The van der Waals surface area contributed by atoms with Gasteiger partial charge in [-0.3, -0.25) is 0 Å². The Bertz CT molecular complexity index is 391. The highest BCUT2D eigenvalue weighted by molar-refractivity contribution is 5.89. The molecule has 1 rings (SSSR count). The molecule has 94 valence electrons. The Kier molecular flexibility index (Phi) is 4.97. The molecule has 0 saturated carbocycles. The first kappa shape index (κ1) is 13.5. The number of hydrogen-bond donors (Lipinski definition) is 2. The van der Waals surface area contributed by atoms with Crippen molar-refractivity contribution in [1.29, 1.82) is 0 Å². The summed E-state index contributed by atoms with van der Waals surface area (Å²) in [6, 6.07) is 5.67. The Labute approximate surface area is 102 Å². The van der Waals surface area contributed by atoms with Crippen molar-refractivity contribution >= 4 is 11.7 Å². The first-order valence-electron chi connectivity index (χ1n) is 5.81. The molecule has 0 saturated heterocycles. The van der Waals surface area contributed by atoms with Crippen molar-refractivity contribution in [3.8, 4) is 0 Å². The summed E-state index contributed by atoms with van der Waals surface area (Å²) in [4.78, 5) is 13.1. The first-order chi connectivity index (χ1) is 8.08. The van der Waals surface area contributed by atoms with Crippen molar-refractivity contribution in [1.82, 2.24) is 4.90 Å². The Morgan fingerprint density at radius 2 is 2.18 bits per heavy atom. The number of hydrogen-bond acceptors (Lipinski definition) is 2. The fourth-order valence-electron chi connectivity index (χ4n) is 1.60. The number of urea groups is 1. The number of benzene rings is 1. The summed E-state index contributed by atoms with van der Waals surface area (Å²) in [5.74, 6) is 0. The van der Waals surface area contributed by atoms with E-state index in [-0.39, 0.29) is 12.6 Å². The predicted molar refractivity (Wildman–Crippen MR) is 69.3 cm³/mol. The van der Waals surface area contributed by atoms with Crippen LogP contribution in [0.5, 0.6) is 0 Å². The number of amides is 2. The molecule has 2 N–H and O–H groups in total. The van der Waals surface area contributed by atoms with Crippen LogP contribution in [0.15, 0.2) is 18.2 Å². The molecule has 0 aliphatic heterocycles. The Hall–Kier alpha value is -1.55. The number of carbonyl (C=O) groups excluding carboxylic acids is 1. The molecule has 0 aliphatic rings. The summed E-state index contributed by atoms with van der Waals surface area (Å²) >= 11 is 0. The lowest BCUT2D eigenvalue weighted by Crippen LogP contribution is -2.33. The maximum atomic E-state index is 11.7. The van der Waals surface area contributed by atoms with Crippen LogP contribution in [-0.2, 0) is 6.42 Å². The summed E-state index contributed by atoms with van der Waals surface area (Å²) in [5, 5.41) is 11.6. The van der Waals surface area contributed by atoms with Gasteiger partial charge in [0, 0.05) is 19.3 Å². The van der Waals surface area contributed by atoms with E-state index in [9.17, 15) is 4.79 Å². The molecular formula is C13H20N2O2. The van der Waals surface area contributed by atoms with Crippen LogP contribution in [0.25, 0.3) is 0 Å². The summed E-state index contributed by atoms with van der Waals surface area (Å²) in [6.07, 6.45) is 0.946. The van der Waals surface area contributed by atoms with Crippen LogP contribution < -0.4 is 5.32 Å². The summed E-state index contributed by atoms with van der Waals surface area (Å²) in [5.41, 5.74) is 3.25. The van der Waals surface area contributed by atoms with Gasteiger partial charge in [-0.25, -0.2) is 4.79 Å². The molecule has 0 aromatic heterocycles. The number of aliphatic hydroxyl groups excluding tert-OH is 1. The third-order valence-electron chi connectivity index (χ3n) is 2.76. The number of nitrogens with one attached hydrogen (secondary N) is 1. The molecule has 4 nitrogen and oxygen atoms in total. The molecule has 1 aromatic rings. The van der Waals surface area contributed by atoms with Crippen LogP contribution in [0, 0.1) is 6.92 Å². The molecule has 0 spiro atoms. The average Bonchev–Trinajstić information content (AvgIpc) is 2.31. The number of likely N-dealkylation sites (N-methyl/N-ethyl adjacent to an activating group) is 1. The minimum atomic E-state index is -0.204. The summed E-state index contributed by atoms with van der Waals surface area (Å²) < 4.78 is 0. The summed E-state index contributed by atoms with van der Waals surface area (Å²) in [7, 11) is 1.65. The van der Waals surface area contributed by atoms with Gasteiger partial charge in [-0.15, -0.1) is 0 Å². The Balaban J connectivity index is 2.71. The second-order valence-electron chi connectivity index (χ2n) is 4.07. The molecule has 4 heteroatoms. The van der Waals surface area contributed by atoms with Crippen LogP contribution in [-0.4, -0.2) is 36.2 Å². The number of anilines is 1. The van der Waals surface area contributed by atoms with E-state index in [2.05, 4.69) is 19.2 Å². The molecule has 0 aliphatic carbocycles. The van der Waals surface area contributed by atoms with Gasteiger partial charge in [-0.2, -0.15) is 0 Å². The lowest BCUT2D eigenvalue weighted by atomic mass is 10.1. The lowest BCUT2D eigenvalue weighted by molar-refractivity contribution is 0.202. The second-order valence-corrected chi connectivity index (χ2v) is 4.07. The topological polar surface area (TPSA) is 52.6 Å². The maximum Gasteiger partial charge on any atom is 0.321 e. The van der Waals surface area contributed by atoms with Crippen molar-refractivity contribution < 1.29 is 9.90 Å². The second kappa shape index (κ2) is 6.25. The Morgan fingerprint density at radius 3 is 2.76 bits per heavy atom. The minimum absolute atomic E-state index is 0.0297. The van der Waals surface area contributed by atoms with E-state index in [1.807, 2.05) is 18.2 Å². The standard InChI is InChI=1S/C13H20N2O2/c1-4-11-9-12(6-5-10(11)2)14-13(17)15(3)7-8-16/h5-6,9,16H,4,7-8H2,1-3H3,(H,14,17). The van der Waals surface area contributed by atoms with Gasteiger partial charge in [0.05, 0.1) is 6.61 Å². The van der Waals surface area contributed by atoms with E-state index < -0.39 is 0 Å². The van der Waals surface area contributed by atoms with Gasteiger partial charge in [0.25, 0.3) is 0 Å². The van der Waals surface area contributed by atoms with Crippen LogP contribution in [0.3, 0.4) is 0 Å². The highest BCUT2D eigenvalue weighted by Gasteiger charge is 2.08. The van der Waals surface area contributed by atoms with E-state index in [4.69, 9.17) is 5.11 Å². The van der Waals surface area contributed by atoms with Gasteiger partial charge in [0.15, 0.2) is 0 Å². The monoisotopic (exact) mass is 236 g/mol. The fourth-order valence-corrected chi connectivity index (χ4v) is 1.60. The third-order valence-corrected chi connectivity index (χ3v) is 2.76. The average molecular weight is 236 g/mol. The van der Waals surface area contributed by atoms with Gasteiger partial charge < -0.3 is 15.3 Å². The molecule has 0 bridgehead atoms. The molecule has 17 heavy (non-hydrogen) atoms. The van der Waals surface area contributed by atoms with Crippen molar-refractivity contribution in [2.75, 3.05) is 25.5 Å². The fraction of sp³-hybridized carbons (Fsp3) is 0.462. The van der Waals surface area contributed by atoms with Crippen molar-refractivity contribution in [2.45, 2.75) is 20.3 Å². The van der Waals surface area contributed by atoms with Crippen LogP contribution >= 0.6 is 0 Å². The van der Waals surface area contributed by atoms with E-state index in [1.54, 1.807) is 7.05 Å². The predicted octanol–water partition coefficient (Wildman–Crippen LogP) is 2.01. The largest absolute Gasteiger partial charge is 0.395 e. The molecule has 0 radical (unpaired) electrons. The van der Waals surface area contributed by atoms with E-state index >= 15 is 0 Å². The minimum Gasteiger partial charge on any atom is -0.395 e. The van der Waals surface area contributed by atoms with Crippen molar-refractivity contribution in [2.24, 2.45) is 0 Å². The zero-order valence-corrected chi connectivity index (χ0v) is 10.7. The Morgan fingerprint density at radius 1 is 1.47 bits per heavy atom. The van der Waals surface area contributed by atoms with E-state index in [1.165, 1.54) is 16.0 Å². The SMILES string of the molecule is CCc1cc(NC(=O)N(C)CCO)ccc1C. The smallest absolute Gasteiger partial charge is 0.321 e. The molecule has 0 atom stereocenters. The van der Waals surface area contributed by atoms with Crippen molar-refractivity contribution in [3.05, 3.63) is 29.3 Å². The zero-order valence-electron chi connectivity index (χ0n) is 10.7. The van der Waals surface area contributed by atoms with Gasteiger partial charge >= 0.3 is 6.03 Å². The van der Waals surface area contributed by atoms with Gasteiger partial charge in [0.2, 0.25) is 0 Å². The quantitative estimate of drug-likeness (QED) is 0.840. The van der Waals surface area contributed by atoms with E-state index in [0.717, 1.165) is 12.1 Å². The zero-order chi connectivity index (χ0) is 12.8. The van der Waals surface area contributed by atoms with Crippen LogP contribution in [0.4, 0.5) is 10.5 Å². The summed E-state index contributed by atoms with van der Waals surface area (Å²) in [6.45, 7) is 4.45. The molecule has 0 unspecified atom stereocenters. The highest BCUT2D eigenvalue weighted by atomic mass is 16.3. The van der Waals surface area contributed by atoms with Crippen LogP contribution in [0.1, 0.15) is 18.1 Å². The van der Waals surface area contributed by atoms with Crippen LogP contribution in [0.2, 0.25) is 0 Å². The number of aliphatic hydroxyl groups is 1. The van der Waals surface area contributed by atoms with Crippen molar-refractivity contribution in [3.63, 3.8) is 0 Å². The molecule has 0 fully saturated rings. The maximum absolute atomic E-state index is 11.7. The number of nitrogens with zero attached hydrogens (tertiary/aromatic N) is 1. The normalized spacial score (nSPS) is 10.1.